The van der Waals surface area contributed by atoms with Crippen LogP contribution in [0.5, 0.6) is 0 Å². The van der Waals surface area contributed by atoms with E-state index in [1.165, 1.54) is 17.2 Å². The van der Waals surface area contributed by atoms with Crippen LogP contribution in [0, 0.1) is 12.7 Å². The lowest BCUT2D eigenvalue weighted by Crippen LogP contribution is -2.39. The van der Waals surface area contributed by atoms with Gasteiger partial charge >= 0.3 is 0 Å². The number of hydrogen-bond donors (Lipinski definition) is 1. The molecule has 0 bridgehead atoms. The number of hydrogen-bond acceptors (Lipinski definition) is 1. The van der Waals surface area contributed by atoms with Gasteiger partial charge in [0, 0.05) is 6.04 Å². The summed E-state index contributed by atoms with van der Waals surface area (Å²) in [5.74, 6) is -0.783. The van der Waals surface area contributed by atoms with Crippen molar-refractivity contribution in [1.82, 2.24) is 5.32 Å². The number of nitrogens with one attached hydrogen (secondary N) is 1. The molecule has 0 saturated heterocycles. The molecule has 2 aromatic rings. The van der Waals surface area contributed by atoms with Crippen LogP contribution < -0.4 is 5.32 Å². The molecule has 0 radical (unpaired) electrons. The molecule has 3 rings (SSSR count). The molecule has 1 N–H and O–H groups in total. The molecule has 0 heterocycles. The molecular weight excluding hydrogens is 265 g/mol. The normalized spacial score (nSPS) is 17.1. The molecule has 2 nitrogen and oxygen atoms in total. The summed E-state index contributed by atoms with van der Waals surface area (Å²) in [6.45, 7) is 1.85. The van der Waals surface area contributed by atoms with Crippen molar-refractivity contribution in [3.05, 3.63) is 70.5 Å². The summed E-state index contributed by atoms with van der Waals surface area (Å²) in [4.78, 5) is 12.2. The van der Waals surface area contributed by atoms with E-state index >= 15 is 0 Å². The molecule has 1 atom stereocenters. The Bertz CT molecular complexity index is 681. The van der Waals surface area contributed by atoms with Crippen LogP contribution in [-0.4, -0.2) is 11.9 Å². The minimum absolute atomic E-state index is 0.0762. The standard InChI is InChI=1S/C18H18FNO/c1-12-6-9-17(19)16(10-12)18(21)20-15-8-7-13-4-2-3-5-14(13)11-15/h2-6,9-10,15H,7-8,11H2,1H3,(H,20,21). The first-order chi connectivity index (χ1) is 10.1. The van der Waals surface area contributed by atoms with Crippen LogP contribution in [0.4, 0.5) is 4.39 Å². The van der Waals surface area contributed by atoms with E-state index in [-0.39, 0.29) is 17.5 Å². The van der Waals surface area contributed by atoms with Gasteiger partial charge in [0.1, 0.15) is 5.82 Å². The van der Waals surface area contributed by atoms with E-state index in [9.17, 15) is 9.18 Å². The van der Waals surface area contributed by atoms with Crippen LogP contribution in [0.2, 0.25) is 0 Å². The average Bonchev–Trinajstić information content (AvgIpc) is 2.49. The lowest BCUT2D eigenvalue weighted by atomic mass is 9.88. The fourth-order valence-electron chi connectivity index (χ4n) is 2.90. The molecule has 1 aliphatic rings. The Morgan fingerprint density at radius 2 is 1.95 bits per heavy atom. The monoisotopic (exact) mass is 283 g/mol. The van der Waals surface area contributed by atoms with Crippen molar-refractivity contribution in [3.8, 4) is 0 Å². The highest BCUT2D eigenvalue weighted by Gasteiger charge is 2.21. The fraction of sp³-hybridized carbons (Fsp3) is 0.278. The van der Waals surface area contributed by atoms with E-state index in [2.05, 4.69) is 17.4 Å². The first-order valence-electron chi connectivity index (χ1n) is 7.27. The SMILES string of the molecule is Cc1ccc(F)c(C(=O)NC2CCc3ccccc3C2)c1. The largest absolute Gasteiger partial charge is 0.349 e. The molecule has 1 aliphatic carbocycles. The van der Waals surface area contributed by atoms with Crippen molar-refractivity contribution >= 4 is 5.91 Å². The maximum absolute atomic E-state index is 13.8. The van der Waals surface area contributed by atoms with Gasteiger partial charge in [-0.1, -0.05) is 35.9 Å². The number of rotatable bonds is 2. The van der Waals surface area contributed by atoms with Crippen LogP contribution in [0.3, 0.4) is 0 Å². The number of fused-ring (bicyclic) bond motifs is 1. The van der Waals surface area contributed by atoms with Crippen LogP contribution in [0.25, 0.3) is 0 Å². The van der Waals surface area contributed by atoms with Crippen molar-refractivity contribution in [2.75, 3.05) is 0 Å². The van der Waals surface area contributed by atoms with Crippen LogP contribution in [0.15, 0.2) is 42.5 Å². The lowest BCUT2D eigenvalue weighted by molar-refractivity contribution is 0.0929. The van der Waals surface area contributed by atoms with E-state index in [0.29, 0.717) is 0 Å². The van der Waals surface area contributed by atoms with Crippen molar-refractivity contribution in [2.45, 2.75) is 32.2 Å². The number of halogens is 1. The molecule has 0 fully saturated rings. The topological polar surface area (TPSA) is 29.1 Å². The Hall–Kier alpha value is -2.16. The molecule has 1 unspecified atom stereocenters. The summed E-state index contributed by atoms with van der Waals surface area (Å²) < 4.78 is 13.8. The van der Waals surface area contributed by atoms with E-state index in [1.54, 1.807) is 12.1 Å². The Balaban J connectivity index is 1.73. The number of carbonyl (C=O) groups is 1. The second kappa shape index (κ2) is 5.68. The van der Waals surface area contributed by atoms with Gasteiger partial charge in [-0.2, -0.15) is 0 Å². The third-order valence-electron chi connectivity index (χ3n) is 4.05. The third kappa shape index (κ3) is 2.97. The van der Waals surface area contributed by atoms with E-state index in [0.717, 1.165) is 24.8 Å². The van der Waals surface area contributed by atoms with Crippen LogP contribution >= 0.6 is 0 Å². The van der Waals surface area contributed by atoms with Gasteiger partial charge in [-0.05, 0) is 49.4 Å². The van der Waals surface area contributed by atoms with Gasteiger partial charge in [-0.15, -0.1) is 0 Å². The second-order valence-corrected chi connectivity index (χ2v) is 5.67. The minimum atomic E-state index is -0.464. The van der Waals surface area contributed by atoms with E-state index in [4.69, 9.17) is 0 Å². The summed E-state index contributed by atoms with van der Waals surface area (Å²) in [6.07, 6.45) is 2.67. The molecular formula is C18H18FNO. The zero-order valence-electron chi connectivity index (χ0n) is 12.0. The van der Waals surface area contributed by atoms with Crippen molar-refractivity contribution in [3.63, 3.8) is 0 Å². The molecule has 0 saturated carbocycles. The Labute approximate surface area is 124 Å². The van der Waals surface area contributed by atoms with E-state index < -0.39 is 5.82 Å². The number of aryl methyl sites for hydroxylation is 2. The van der Waals surface area contributed by atoms with Gasteiger partial charge in [-0.3, -0.25) is 4.79 Å². The maximum atomic E-state index is 13.8. The van der Waals surface area contributed by atoms with Gasteiger partial charge in [0.25, 0.3) is 5.91 Å². The average molecular weight is 283 g/mol. The van der Waals surface area contributed by atoms with Gasteiger partial charge in [0.05, 0.1) is 5.56 Å². The number of benzene rings is 2. The molecule has 21 heavy (non-hydrogen) atoms. The number of carbonyl (C=O) groups excluding carboxylic acids is 1. The maximum Gasteiger partial charge on any atom is 0.254 e. The number of amides is 1. The Morgan fingerprint density at radius 3 is 2.76 bits per heavy atom. The lowest BCUT2D eigenvalue weighted by Gasteiger charge is -2.25. The summed E-state index contributed by atoms with van der Waals surface area (Å²) in [6, 6.07) is 13.0. The van der Waals surface area contributed by atoms with Gasteiger partial charge < -0.3 is 5.32 Å². The highest BCUT2D eigenvalue weighted by molar-refractivity contribution is 5.94. The summed E-state index contributed by atoms with van der Waals surface area (Å²) in [7, 11) is 0. The van der Waals surface area contributed by atoms with Gasteiger partial charge in [0.2, 0.25) is 0 Å². The van der Waals surface area contributed by atoms with Crippen molar-refractivity contribution < 1.29 is 9.18 Å². The summed E-state index contributed by atoms with van der Waals surface area (Å²) in [5, 5.41) is 2.97. The van der Waals surface area contributed by atoms with Crippen LogP contribution in [0.1, 0.15) is 33.5 Å². The van der Waals surface area contributed by atoms with Gasteiger partial charge in [-0.25, -0.2) is 4.39 Å². The Kier molecular flexibility index (Phi) is 3.74. The first kappa shape index (κ1) is 13.8. The molecule has 1 amide bonds. The summed E-state index contributed by atoms with van der Waals surface area (Å²) >= 11 is 0. The van der Waals surface area contributed by atoms with Crippen LogP contribution in [-0.2, 0) is 12.8 Å². The quantitative estimate of drug-likeness (QED) is 0.899. The molecule has 3 heteroatoms. The smallest absolute Gasteiger partial charge is 0.254 e. The second-order valence-electron chi connectivity index (χ2n) is 5.67. The Morgan fingerprint density at radius 1 is 1.19 bits per heavy atom. The summed E-state index contributed by atoms with van der Waals surface area (Å²) in [5.41, 5.74) is 3.65. The molecule has 0 aliphatic heterocycles. The van der Waals surface area contributed by atoms with Gasteiger partial charge in [0.15, 0.2) is 0 Å². The zero-order chi connectivity index (χ0) is 14.8. The fourth-order valence-corrected chi connectivity index (χ4v) is 2.90. The molecule has 0 spiro atoms. The van der Waals surface area contributed by atoms with E-state index in [1.807, 2.05) is 19.1 Å². The predicted octanol–water partition coefficient (Wildman–Crippen LogP) is 3.42. The predicted molar refractivity (Wildman–Crippen MR) is 80.9 cm³/mol. The zero-order valence-corrected chi connectivity index (χ0v) is 12.0. The minimum Gasteiger partial charge on any atom is -0.349 e. The molecule has 108 valence electrons. The van der Waals surface area contributed by atoms with Crippen molar-refractivity contribution in [2.24, 2.45) is 0 Å². The highest BCUT2D eigenvalue weighted by atomic mass is 19.1. The third-order valence-corrected chi connectivity index (χ3v) is 4.05. The molecule has 2 aromatic carbocycles. The first-order valence-corrected chi connectivity index (χ1v) is 7.27. The highest BCUT2D eigenvalue weighted by Crippen LogP contribution is 2.21. The molecule has 0 aromatic heterocycles. The van der Waals surface area contributed by atoms with Crippen molar-refractivity contribution in [1.29, 1.82) is 0 Å².